The van der Waals surface area contributed by atoms with Gasteiger partial charge in [0.15, 0.2) is 5.76 Å². The first kappa shape index (κ1) is 19.9. The van der Waals surface area contributed by atoms with Gasteiger partial charge in [-0.1, -0.05) is 11.6 Å². The van der Waals surface area contributed by atoms with Gasteiger partial charge < -0.3 is 20.0 Å². The molecule has 2 N–H and O–H groups in total. The number of likely N-dealkylation sites (tertiary alicyclic amines) is 1. The Morgan fingerprint density at radius 3 is 2.36 bits per heavy atom. The number of benzene rings is 1. The molecule has 7 nitrogen and oxygen atoms in total. The molecule has 0 saturated carbocycles. The first-order valence-electron chi connectivity index (χ1n) is 9.19. The van der Waals surface area contributed by atoms with Crippen LogP contribution in [-0.2, 0) is 4.79 Å². The molecule has 1 aliphatic rings. The lowest BCUT2D eigenvalue weighted by Gasteiger charge is -2.31. The van der Waals surface area contributed by atoms with E-state index in [9.17, 15) is 14.4 Å². The number of amides is 3. The van der Waals surface area contributed by atoms with Crippen molar-refractivity contribution in [3.8, 4) is 0 Å². The van der Waals surface area contributed by atoms with Crippen molar-refractivity contribution in [3.63, 3.8) is 0 Å². The summed E-state index contributed by atoms with van der Waals surface area (Å²) in [5, 5.41) is 6.10. The number of halogens is 1. The Balaban J connectivity index is 1.37. The van der Waals surface area contributed by atoms with Crippen molar-refractivity contribution in [1.82, 2.24) is 15.5 Å². The average Bonchev–Trinajstić information content (AvgIpc) is 3.26. The molecule has 0 radical (unpaired) electrons. The molecule has 0 atom stereocenters. The van der Waals surface area contributed by atoms with Crippen LogP contribution in [-0.4, -0.2) is 48.8 Å². The topological polar surface area (TPSA) is 91.7 Å². The second-order valence-corrected chi connectivity index (χ2v) is 7.03. The van der Waals surface area contributed by atoms with Gasteiger partial charge in [0, 0.05) is 42.7 Å². The normalized spacial score (nSPS) is 14.5. The zero-order valence-corrected chi connectivity index (χ0v) is 16.1. The molecule has 3 rings (SSSR count). The number of piperidine rings is 1. The summed E-state index contributed by atoms with van der Waals surface area (Å²) in [4.78, 5) is 38.3. The van der Waals surface area contributed by atoms with Crippen LogP contribution < -0.4 is 10.6 Å². The van der Waals surface area contributed by atoms with Gasteiger partial charge in [0.05, 0.1) is 6.26 Å². The number of nitrogens with zero attached hydrogens (tertiary/aromatic N) is 1. The summed E-state index contributed by atoms with van der Waals surface area (Å²) < 4.78 is 5.00. The van der Waals surface area contributed by atoms with E-state index in [0.717, 1.165) is 0 Å². The highest BCUT2D eigenvalue weighted by atomic mass is 35.5. The molecule has 1 aliphatic heterocycles. The third kappa shape index (κ3) is 5.13. The van der Waals surface area contributed by atoms with Crippen LogP contribution in [0.3, 0.4) is 0 Å². The third-order valence-corrected chi connectivity index (χ3v) is 4.95. The van der Waals surface area contributed by atoms with Crippen LogP contribution in [0.2, 0.25) is 5.02 Å². The first-order valence-corrected chi connectivity index (χ1v) is 9.56. The van der Waals surface area contributed by atoms with Gasteiger partial charge >= 0.3 is 0 Å². The highest BCUT2D eigenvalue weighted by molar-refractivity contribution is 6.30. The Bertz CT molecular complexity index is 812. The van der Waals surface area contributed by atoms with Gasteiger partial charge in [0.1, 0.15) is 0 Å². The maximum atomic E-state index is 12.5. The number of carbonyl (C=O) groups is 3. The Labute approximate surface area is 168 Å². The fourth-order valence-corrected chi connectivity index (χ4v) is 3.25. The molecular weight excluding hydrogens is 382 g/mol. The van der Waals surface area contributed by atoms with Crippen LogP contribution in [0.1, 0.15) is 33.8 Å². The van der Waals surface area contributed by atoms with Crippen LogP contribution in [0.5, 0.6) is 0 Å². The van der Waals surface area contributed by atoms with Crippen molar-refractivity contribution in [1.29, 1.82) is 0 Å². The summed E-state index contributed by atoms with van der Waals surface area (Å²) in [6.07, 6.45) is 2.66. The third-order valence-electron chi connectivity index (χ3n) is 4.70. The van der Waals surface area contributed by atoms with Gasteiger partial charge in [-0.05, 0) is 49.2 Å². The molecule has 1 aromatic carbocycles. The first-order chi connectivity index (χ1) is 13.5. The summed E-state index contributed by atoms with van der Waals surface area (Å²) in [5.41, 5.74) is 0.597. The molecule has 0 unspecified atom stereocenters. The number of carbonyl (C=O) groups excluding carboxylic acids is 3. The minimum Gasteiger partial charge on any atom is -0.459 e. The molecule has 28 heavy (non-hydrogen) atoms. The monoisotopic (exact) mass is 403 g/mol. The van der Waals surface area contributed by atoms with Gasteiger partial charge in [-0.2, -0.15) is 0 Å². The van der Waals surface area contributed by atoms with E-state index in [0.29, 0.717) is 49.6 Å². The van der Waals surface area contributed by atoms with E-state index < -0.39 is 0 Å². The van der Waals surface area contributed by atoms with Crippen molar-refractivity contribution in [2.75, 3.05) is 26.2 Å². The van der Waals surface area contributed by atoms with Gasteiger partial charge in [0.25, 0.3) is 11.8 Å². The SMILES string of the molecule is O=C(NCCNC(=O)C1CCN(C(=O)c2ccc(Cl)cc2)CC1)c1ccco1. The van der Waals surface area contributed by atoms with Crippen molar-refractivity contribution in [2.45, 2.75) is 12.8 Å². The van der Waals surface area contributed by atoms with Crippen LogP contribution in [0, 0.1) is 5.92 Å². The van der Waals surface area contributed by atoms with Crippen molar-refractivity contribution >= 4 is 29.3 Å². The van der Waals surface area contributed by atoms with E-state index in [1.807, 2.05) is 0 Å². The second-order valence-electron chi connectivity index (χ2n) is 6.60. The highest BCUT2D eigenvalue weighted by Crippen LogP contribution is 2.20. The molecule has 1 fully saturated rings. The number of hydrogen-bond donors (Lipinski definition) is 2. The van der Waals surface area contributed by atoms with E-state index in [2.05, 4.69) is 10.6 Å². The Hall–Kier alpha value is -2.80. The van der Waals surface area contributed by atoms with Crippen molar-refractivity contribution < 1.29 is 18.8 Å². The van der Waals surface area contributed by atoms with Gasteiger partial charge in [0.2, 0.25) is 5.91 Å². The molecule has 1 aromatic heterocycles. The number of nitrogens with one attached hydrogen (secondary N) is 2. The molecule has 2 aromatic rings. The highest BCUT2D eigenvalue weighted by Gasteiger charge is 2.27. The zero-order chi connectivity index (χ0) is 19.9. The molecule has 1 saturated heterocycles. The minimum absolute atomic E-state index is 0.0452. The molecule has 0 aliphatic carbocycles. The fraction of sp³-hybridized carbons (Fsp3) is 0.350. The molecule has 148 valence electrons. The lowest BCUT2D eigenvalue weighted by Crippen LogP contribution is -2.44. The predicted molar refractivity (Wildman–Crippen MR) is 104 cm³/mol. The quantitative estimate of drug-likeness (QED) is 0.724. The molecule has 2 heterocycles. The largest absolute Gasteiger partial charge is 0.459 e. The summed E-state index contributed by atoms with van der Waals surface area (Å²) in [7, 11) is 0. The average molecular weight is 404 g/mol. The van der Waals surface area contributed by atoms with Gasteiger partial charge in [-0.25, -0.2) is 0 Å². The second kappa shape index (κ2) is 9.41. The minimum atomic E-state index is -0.312. The van der Waals surface area contributed by atoms with Crippen LogP contribution in [0.4, 0.5) is 0 Å². The lowest BCUT2D eigenvalue weighted by molar-refractivity contribution is -0.126. The fourth-order valence-electron chi connectivity index (χ4n) is 3.12. The maximum Gasteiger partial charge on any atom is 0.287 e. The molecule has 3 amide bonds. The number of rotatable bonds is 6. The molecule has 8 heteroatoms. The van der Waals surface area contributed by atoms with Crippen LogP contribution in [0.15, 0.2) is 47.1 Å². The van der Waals surface area contributed by atoms with E-state index in [1.165, 1.54) is 6.26 Å². The van der Waals surface area contributed by atoms with Crippen molar-refractivity contribution in [3.05, 3.63) is 59.0 Å². The van der Waals surface area contributed by atoms with Gasteiger partial charge in [-0.3, -0.25) is 14.4 Å². The Morgan fingerprint density at radius 1 is 1.04 bits per heavy atom. The smallest absolute Gasteiger partial charge is 0.287 e. The Morgan fingerprint density at radius 2 is 1.71 bits per heavy atom. The summed E-state index contributed by atoms with van der Waals surface area (Å²) >= 11 is 5.85. The lowest BCUT2D eigenvalue weighted by atomic mass is 9.95. The van der Waals surface area contributed by atoms with E-state index in [-0.39, 0.29) is 29.4 Å². The molecule has 0 bridgehead atoms. The zero-order valence-electron chi connectivity index (χ0n) is 15.3. The number of furan rings is 1. The molecule has 0 spiro atoms. The Kier molecular flexibility index (Phi) is 6.71. The van der Waals surface area contributed by atoms with Crippen LogP contribution >= 0.6 is 11.6 Å². The van der Waals surface area contributed by atoms with E-state index >= 15 is 0 Å². The van der Waals surface area contributed by atoms with Crippen LogP contribution in [0.25, 0.3) is 0 Å². The summed E-state index contributed by atoms with van der Waals surface area (Å²) in [6.45, 7) is 1.73. The standard InChI is InChI=1S/C20H22ClN3O4/c21-16-5-3-15(4-6-16)20(27)24-11-7-14(8-12-24)18(25)22-9-10-23-19(26)17-2-1-13-28-17/h1-6,13-14H,7-12H2,(H,22,25)(H,23,26). The van der Waals surface area contributed by atoms with Crippen molar-refractivity contribution in [2.24, 2.45) is 5.92 Å². The summed E-state index contributed by atoms with van der Waals surface area (Å²) in [6, 6.07) is 10.0. The maximum absolute atomic E-state index is 12.5. The number of hydrogen-bond acceptors (Lipinski definition) is 4. The summed E-state index contributed by atoms with van der Waals surface area (Å²) in [5.74, 6) is -0.297. The van der Waals surface area contributed by atoms with Gasteiger partial charge in [-0.15, -0.1) is 0 Å². The van der Waals surface area contributed by atoms with E-state index in [4.69, 9.17) is 16.0 Å². The van der Waals surface area contributed by atoms with E-state index in [1.54, 1.807) is 41.3 Å². The predicted octanol–water partition coefficient (Wildman–Crippen LogP) is 2.33. The molecular formula is C20H22ClN3O4.